The monoisotopic (exact) mass is 306 g/mol. The van der Waals surface area contributed by atoms with Crippen molar-refractivity contribution in [3.05, 3.63) is 65.2 Å². The van der Waals surface area contributed by atoms with Gasteiger partial charge in [-0.2, -0.15) is 5.26 Å². The molecule has 1 aliphatic rings. The highest BCUT2D eigenvalue weighted by Crippen LogP contribution is 2.29. The first-order valence-corrected chi connectivity index (χ1v) is 7.76. The summed E-state index contributed by atoms with van der Waals surface area (Å²) in [5, 5.41) is 11.9. The fraction of sp³-hybridized carbons (Fsp3) is 0.263. The zero-order chi connectivity index (χ0) is 16.1. The Morgan fingerprint density at radius 1 is 1.26 bits per heavy atom. The van der Waals surface area contributed by atoms with Crippen molar-refractivity contribution >= 4 is 5.91 Å². The maximum absolute atomic E-state index is 12.1. The van der Waals surface area contributed by atoms with E-state index in [0.717, 1.165) is 19.3 Å². The second-order valence-electron chi connectivity index (χ2n) is 5.64. The Morgan fingerprint density at radius 3 is 3.00 bits per heavy atom. The molecule has 1 atom stereocenters. The maximum atomic E-state index is 12.1. The first kappa shape index (κ1) is 15.1. The lowest BCUT2D eigenvalue weighted by Crippen LogP contribution is -2.34. The van der Waals surface area contributed by atoms with Crippen molar-refractivity contribution in [1.29, 1.82) is 5.26 Å². The van der Waals surface area contributed by atoms with E-state index in [1.54, 1.807) is 24.3 Å². The van der Waals surface area contributed by atoms with Gasteiger partial charge >= 0.3 is 0 Å². The lowest BCUT2D eigenvalue weighted by Gasteiger charge is -2.26. The van der Waals surface area contributed by atoms with E-state index in [2.05, 4.69) is 23.5 Å². The molecule has 4 heteroatoms. The van der Waals surface area contributed by atoms with E-state index in [1.165, 1.54) is 11.1 Å². The van der Waals surface area contributed by atoms with Crippen molar-refractivity contribution in [3.8, 4) is 11.8 Å². The molecule has 0 aliphatic heterocycles. The third kappa shape index (κ3) is 3.70. The molecule has 1 amide bonds. The van der Waals surface area contributed by atoms with E-state index in [9.17, 15) is 4.79 Å². The average Bonchev–Trinajstić information content (AvgIpc) is 2.60. The van der Waals surface area contributed by atoms with Crippen LogP contribution in [0.3, 0.4) is 0 Å². The smallest absolute Gasteiger partial charge is 0.258 e. The molecule has 0 radical (unpaired) electrons. The number of benzene rings is 2. The van der Waals surface area contributed by atoms with Gasteiger partial charge in [0, 0.05) is 0 Å². The number of carbonyl (C=O) groups excluding carboxylic acids is 1. The van der Waals surface area contributed by atoms with Gasteiger partial charge in [0.05, 0.1) is 17.7 Å². The van der Waals surface area contributed by atoms with Gasteiger partial charge in [-0.25, -0.2) is 0 Å². The first-order chi connectivity index (χ1) is 11.3. The van der Waals surface area contributed by atoms with Crippen LogP contribution in [0.1, 0.15) is 35.6 Å². The van der Waals surface area contributed by atoms with E-state index >= 15 is 0 Å². The van der Waals surface area contributed by atoms with Crippen LogP contribution in [-0.2, 0) is 11.2 Å². The fourth-order valence-electron chi connectivity index (χ4n) is 2.94. The van der Waals surface area contributed by atoms with Gasteiger partial charge in [-0.3, -0.25) is 4.79 Å². The summed E-state index contributed by atoms with van der Waals surface area (Å²) in [6.45, 7) is -0.0481. The molecule has 0 saturated carbocycles. The van der Waals surface area contributed by atoms with Crippen molar-refractivity contribution in [3.63, 3.8) is 0 Å². The van der Waals surface area contributed by atoms with Crippen molar-refractivity contribution in [1.82, 2.24) is 5.32 Å². The number of nitriles is 1. The minimum Gasteiger partial charge on any atom is -0.484 e. The highest BCUT2D eigenvalue weighted by Gasteiger charge is 2.21. The van der Waals surface area contributed by atoms with Crippen LogP contribution in [0.5, 0.6) is 5.75 Å². The largest absolute Gasteiger partial charge is 0.484 e. The summed E-state index contributed by atoms with van der Waals surface area (Å²) in [7, 11) is 0. The second-order valence-corrected chi connectivity index (χ2v) is 5.64. The molecule has 3 rings (SSSR count). The summed E-state index contributed by atoms with van der Waals surface area (Å²) < 4.78 is 5.48. The molecule has 0 fully saturated rings. The van der Waals surface area contributed by atoms with Gasteiger partial charge in [0.15, 0.2) is 6.61 Å². The Hall–Kier alpha value is -2.80. The number of hydrogen-bond acceptors (Lipinski definition) is 3. The number of ether oxygens (including phenoxy) is 1. The second kappa shape index (κ2) is 6.97. The van der Waals surface area contributed by atoms with Crippen molar-refractivity contribution in [2.24, 2.45) is 0 Å². The van der Waals surface area contributed by atoms with Crippen LogP contribution in [0.25, 0.3) is 0 Å². The predicted octanol–water partition coefficient (Wildman–Crippen LogP) is 3.13. The maximum Gasteiger partial charge on any atom is 0.258 e. The molecule has 23 heavy (non-hydrogen) atoms. The molecule has 1 aliphatic carbocycles. The van der Waals surface area contributed by atoms with Crippen molar-refractivity contribution in [2.45, 2.75) is 25.3 Å². The molecule has 0 spiro atoms. The van der Waals surface area contributed by atoms with E-state index in [1.807, 2.05) is 12.1 Å². The third-order valence-electron chi connectivity index (χ3n) is 4.04. The molecule has 0 saturated heterocycles. The average molecular weight is 306 g/mol. The standard InChI is InChI=1S/C19H18N2O2/c20-12-14-5-3-8-16(11-14)23-13-19(22)21-18-10-4-7-15-6-1-2-9-17(15)18/h1-3,5-6,8-9,11,18H,4,7,10,13H2,(H,21,22)/t18-/m1/s1. The fourth-order valence-corrected chi connectivity index (χ4v) is 2.94. The number of nitrogens with one attached hydrogen (secondary N) is 1. The number of hydrogen-bond donors (Lipinski definition) is 1. The molecule has 4 nitrogen and oxygen atoms in total. The minimum atomic E-state index is -0.144. The highest BCUT2D eigenvalue weighted by molar-refractivity contribution is 5.78. The van der Waals surface area contributed by atoms with E-state index in [4.69, 9.17) is 10.00 Å². The van der Waals surface area contributed by atoms with Gasteiger partial charge in [0.1, 0.15) is 5.75 Å². The summed E-state index contributed by atoms with van der Waals surface area (Å²) in [5.41, 5.74) is 3.04. The van der Waals surface area contributed by atoms with Gasteiger partial charge in [-0.15, -0.1) is 0 Å². The van der Waals surface area contributed by atoms with Crippen LogP contribution in [0, 0.1) is 11.3 Å². The molecule has 0 bridgehead atoms. The normalized spacial score (nSPS) is 16.0. The molecule has 116 valence electrons. The van der Waals surface area contributed by atoms with Crippen LogP contribution in [0.4, 0.5) is 0 Å². The topological polar surface area (TPSA) is 62.1 Å². The minimum absolute atomic E-state index is 0.0481. The van der Waals surface area contributed by atoms with Crippen molar-refractivity contribution < 1.29 is 9.53 Å². The van der Waals surface area contributed by atoms with Crippen LogP contribution < -0.4 is 10.1 Å². The van der Waals surface area contributed by atoms with Gasteiger partial charge in [-0.05, 0) is 48.6 Å². The summed E-state index contributed by atoms with van der Waals surface area (Å²) >= 11 is 0. The molecule has 1 N–H and O–H groups in total. The van der Waals surface area contributed by atoms with Gasteiger partial charge in [0.25, 0.3) is 5.91 Å². The summed E-state index contributed by atoms with van der Waals surface area (Å²) in [6.07, 6.45) is 3.10. The summed E-state index contributed by atoms with van der Waals surface area (Å²) in [5.74, 6) is 0.386. The van der Waals surface area contributed by atoms with Crippen molar-refractivity contribution in [2.75, 3.05) is 6.61 Å². The molecule has 0 unspecified atom stereocenters. The molecular formula is C19H18N2O2. The van der Waals surface area contributed by atoms with E-state index < -0.39 is 0 Å². The predicted molar refractivity (Wildman–Crippen MR) is 86.9 cm³/mol. The van der Waals surface area contributed by atoms with Gasteiger partial charge in [-0.1, -0.05) is 30.3 Å². The highest BCUT2D eigenvalue weighted by atomic mass is 16.5. The van der Waals surface area contributed by atoms with Crippen LogP contribution >= 0.6 is 0 Å². The Bertz CT molecular complexity index is 749. The van der Waals surface area contributed by atoms with Crippen LogP contribution in [0.2, 0.25) is 0 Å². The number of amides is 1. The number of fused-ring (bicyclic) bond motifs is 1. The molecule has 0 heterocycles. The summed E-state index contributed by atoms with van der Waals surface area (Å²) in [4.78, 5) is 12.1. The zero-order valence-corrected chi connectivity index (χ0v) is 12.8. The number of aryl methyl sites for hydroxylation is 1. The van der Waals surface area contributed by atoms with Crippen LogP contribution in [-0.4, -0.2) is 12.5 Å². The Balaban J connectivity index is 1.59. The lowest BCUT2D eigenvalue weighted by molar-refractivity contribution is -0.123. The Labute approximate surface area is 135 Å². The molecular weight excluding hydrogens is 288 g/mol. The lowest BCUT2D eigenvalue weighted by atomic mass is 9.88. The van der Waals surface area contributed by atoms with E-state index in [-0.39, 0.29) is 18.6 Å². The number of carbonyl (C=O) groups is 1. The van der Waals surface area contributed by atoms with Gasteiger partial charge < -0.3 is 10.1 Å². The Morgan fingerprint density at radius 2 is 2.13 bits per heavy atom. The third-order valence-corrected chi connectivity index (χ3v) is 4.04. The summed E-state index contributed by atoms with van der Waals surface area (Å²) in [6, 6.07) is 17.2. The number of rotatable bonds is 4. The van der Waals surface area contributed by atoms with Gasteiger partial charge in [0.2, 0.25) is 0 Å². The first-order valence-electron chi connectivity index (χ1n) is 7.76. The SMILES string of the molecule is N#Cc1cccc(OCC(=O)N[C@@H]2CCCc3ccccc32)c1. The quantitative estimate of drug-likeness (QED) is 0.944. The number of nitrogens with zero attached hydrogens (tertiary/aromatic N) is 1. The molecule has 0 aromatic heterocycles. The van der Waals surface area contributed by atoms with Crippen LogP contribution in [0.15, 0.2) is 48.5 Å². The molecule has 2 aromatic rings. The Kier molecular flexibility index (Phi) is 4.58. The molecule has 2 aromatic carbocycles. The zero-order valence-electron chi connectivity index (χ0n) is 12.8. The van der Waals surface area contributed by atoms with E-state index in [0.29, 0.717) is 11.3 Å².